The maximum atomic E-state index is 9.93. The van der Waals surface area contributed by atoms with Gasteiger partial charge in [0.15, 0.2) is 0 Å². The van der Waals surface area contributed by atoms with Gasteiger partial charge in [0.2, 0.25) is 0 Å². The fourth-order valence-corrected chi connectivity index (χ4v) is 2.13. The Morgan fingerprint density at radius 1 is 1.10 bits per heavy atom. The lowest BCUT2D eigenvalue weighted by molar-refractivity contribution is 0.100. The molecule has 0 aliphatic rings. The lowest BCUT2D eigenvalue weighted by Crippen LogP contribution is -2.28. The van der Waals surface area contributed by atoms with E-state index in [1.165, 1.54) is 0 Å². The molecule has 0 saturated carbocycles. The molecule has 0 aliphatic carbocycles. The lowest BCUT2D eigenvalue weighted by Gasteiger charge is -2.15. The molecule has 0 amide bonds. The van der Waals surface area contributed by atoms with E-state index in [0.717, 1.165) is 23.1 Å². The molecular weight excluding hydrogens is 286 g/mol. The van der Waals surface area contributed by atoms with Crippen molar-refractivity contribution in [2.24, 2.45) is 0 Å². The molecule has 0 aliphatic heterocycles. The summed E-state index contributed by atoms with van der Waals surface area (Å²) >= 11 is 0. The van der Waals surface area contributed by atoms with Gasteiger partial charge in [-0.05, 0) is 24.4 Å². The summed E-state index contributed by atoms with van der Waals surface area (Å²) in [6.07, 6.45) is 0.253. The number of ether oxygens (including phenoxy) is 1. The normalized spacial score (nSPS) is 12.2. The van der Waals surface area contributed by atoms with Crippen LogP contribution in [-0.2, 0) is 0 Å². The summed E-state index contributed by atoms with van der Waals surface area (Å²) in [5.41, 5.74) is 0. The molecule has 1 unspecified atom stereocenters. The Kier molecular flexibility index (Phi) is 7.51. The van der Waals surface area contributed by atoms with E-state index in [1.807, 2.05) is 30.3 Å². The number of hydrogen-bond donors (Lipinski definition) is 2. The van der Waals surface area contributed by atoms with Crippen molar-refractivity contribution in [2.75, 3.05) is 13.2 Å². The van der Waals surface area contributed by atoms with E-state index in [1.54, 1.807) is 0 Å². The van der Waals surface area contributed by atoms with Crippen molar-refractivity contribution in [1.82, 2.24) is 5.32 Å². The maximum Gasteiger partial charge on any atom is 0.127 e. The molecule has 2 aromatic carbocycles. The minimum absolute atomic E-state index is 0. The second-order valence-corrected chi connectivity index (χ2v) is 5.34. The standard InChI is InChI=1S/C17H23NO2.ClH/c1-13(2)18-11-10-15(19)12-20-17-9-5-7-14-6-3-4-8-16(14)17;/h3-9,13,15,18-19H,10-12H2,1-2H3;1H. The number of rotatable bonds is 7. The number of aliphatic hydroxyl groups is 1. The number of hydrogen-bond acceptors (Lipinski definition) is 3. The van der Waals surface area contributed by atoms with Crippen LogP contribution in [0.5, 0.6) is 5.75 Å². The van der Waals surface area contributed by atoms with E-state index in [-0.39, 0.29) is 12.4 Å². The summed E-state index contributed by atoms with van der Waals surface area (Å²) in [4.78, 5) is 0. The van der Waals surface area contributed by atoms with Crippen molar-refractivity contribution in [3.05, 3.63) is 42.5 Å². The van der Waals surface area contributed by atoms with E-state index >= 15 is 0 Å². The molecular formula is C17H24ClNO2. The fourth-order valence-electron chi connectivity index (χ4n) is 2.13. The Hall–Kier alpha value is -1.29. The second kappa shape index (κ2) is 8.88. The number of fused-ring (bicyclic) bond motifs is 1. The van der Waals surface area contributed by atoms with Crippen LogP contribution in [0, 0.1) is 0 Å². The van der Waals surface area contributed by atoms with E-state index in [4.69, 9.17) is 4.74 Å². The van der Waals surface area contributed by atoms with Gasteiger partial charge in [-0.25, -0.2) is 0 Å². The molecule has 0 bridgehead atoms. The zero-order chi connectivity index (χ0) is 14.4. The SMILES string of the molecule is CC(C)NCCC(O)COc1cccc2ccccc12.Cl. The monoisotopic (exact) mass is 309 g/mol. The van der Waals surface area contributed by atoms with Crippen molar-refractivity contribution in [3.63, 3.8) is 0 Å². The van der Waals surface area contributed by atoms with Crippen LogP contribution in [0.3, 0.4) is 0 Å². The van der Waals surface area contributed by atoms with Gasteiger partial charge in [-0.2, -0.15) is 0 Å². The number of halogens is 1. The molecule has 0 aromatic heterocycles. The van der Waals surface area contributed by atoms with Crippen LogP contribution in [0.4, 0.5) is 0 Å². The Morgan fingerprint density at radius 2 is 1.81 bits per heavy atom. The molecule has 21 heavy (non-hydrogen) atoms. The van der Waals surface area contributed by atoms with Crippen LogP contribution < -0.4 is 10.1 Å². The van der Waals surface area contributed by atoms with Gasteiger partial charge in [0.1, 0.15) is 12.4 Å². The summed E-state index contributed by atoms with van der Waals surface area (Å²) in [6, 6.07) is 14.5. The van der Waals surface area contributed by atoms with Gasteiger partial charge < -0.3 is 15.2 Å². The van der Waals surface area contributed by atoms with Crippen molar-refractivity contribution in [1.29, 1.82) is 0 Å². The van der Waals surface area contributed by atoms with Gasteiger partial charge >= 0.3 is 0 Å². The summed E-state index contributed by atoms with van der Waals surface area (Å²) in [7, 11) is 0. The first-order chi connectivity index (χ1) is 9.66. The highest BCUT2D eigenvalue weighted by Crippen LogP contribution is 2.25. The first-order valence-corrected chi connectivity index (χ1v) is 7.19. The average molecular weight is 310 g/mol. The van der Waals surface area contributed by atoms with Crippen molar-refractivity contribution in [2.45, 2.75) is 32.4 Å². The van der Waals surface area contributed by atoms with E-state index in [0.29, 0.717) is 19.1 Å². The first-order valence-electron chi connectivity index (χ1n) is 7.19. The quantitative estimate of drug-likeness (QED) is 0.824. The zero-order valence-electron chi connectivity index (χ0n) is 12.6. The van der Waals surface area contributed by atoms with Gasteiger partial charge in [-0.3, -0.25) is 0 Å². The van der Waals surface area contributed by atoms with E-state index < -0.39 is 6.10 Å². The largest absolute Gasteiger partial charge is 0.490 e. The summed E-state index contributed by atoms with van der Waals surface area (Å²) in [5, 5.41) is 15.5. The van der Waals surface area contributed by atoms with Gasteiger partial charge in [0.05, 0.1) is 6.10 Å². The van der Waals surface area contributed by atoms with Gasteiger partial charge in [0.25, 0.3) is 0 Å². The molecule has 4 heteroatoms. The smallest absolute Gasteiger partial charge is 0.127 e. The highest BCUT2D eigenvalue weighted by atomic mass is 35.5. The summed E-state index contributed by atoms with van der Waals surface area (Å²) in [5.74, 6) is 0.832. The van der Waals surface area contributed by atoms with E-state index in [9.17, 15) is 5.11 Å². The Labute approximate surface area is 132 Å². The second-order valence-electron chi connectivity index (χ2n) is 5.34. The fraction of sp³-hybridized carbons (Fsp3) is 0.412. The molecule has 0 heterocycles. The molecule has 116 valence electrons. The molecule has 2 rings (SSSR count). The van der Waals surface area contributed by atoms with E-state index in [2.05, 4.69) is 31.3 Å². The van der Waals surface area contributed by atoms with Crippen molar-refractivity contribution < 1.29 is 9.84 Å². The minimum Gasteiger partial charge on any atom is -0.490 e. The predicted octanol–water partition coefficient (Wildman–Crippen LogP) is 3.39. The van der Waals surface area contributed by atoms with Crippen molar-refractivity contribution >= 4 is 23.2 Å². The number of nitrogens with one attached hydrogen (secondary N) is 1. The molecule has 3 nitrogen and oxygen atoms in total. The van der Waals surface area contributed by atoms with Crippen molar-refractivity contribution in [3.8, 4) is 5.75 Å². The maximum absolute atomic E-state index is 9.93. The number of benzene rings is 2. The van der Waals surface area contributed by atoms with Crippen LogP contribution in [0.1, 0.15) is 20.3 Å². The van der Waals surface area contributed by atoms with Crippen LogP contribution in [0.25, 0.3) is 10.8 Å². The predicted molar refractivity (Wildman–Crippen MR) is 90.5 cm³/mol. The van der Waals surface area contributed by atoms with Gasteiger partial charge in [-0.1, -0.05) is 50.2 Å². The van der Waals surface area contributed by atoms with Gasteiger partial charge in [0, 0.05) is 11.4 Å². The van der Waals surface area contributed by atoms with Gasteiger partial charge in [-0.15, -0.1) is 12.4 Å². The first kappa shape index (κ1) is 17.8. The Morgan fingerprint density at radius 3 is 2.57 bits per heavy atom. The zero-order valence-corrected chi connectivity index (χ0v) is 13.4. The van der Waals surface area contributed by atoms with Crippen LogP contribution >= 0.6 is 12.4 Å². The lowest BCUT2D eigenvalue weighted by atomic mass is 10.1. The minimum atomic E-state index is -0.444. The highest BCUT2D eigenvalue weighted by molar-refractivity contribution is 5.88. The number of aliphatic hydroxyl groups excluding tert-OH is 1. The third-order valence-electron chi connectivity index (χ3n) is 3.21. The molecule has 0 fully saturated rings. The third-order valence-corrected chi connectivity index (χ3v) is 3.21. The molecule has 0 saturated heterocycles. The highest BCUT2D eigenvalue weighted by Gasteiger charge is 2.07. The molecule has 2 aromatic rings. The molecule has 1 atom stereocenters. The summed E-state index contributed by atoms with van der Waals surface area (Å²) < 4.78 is 5.76. The molecule has 0 spiro atoms. The third kappa shape index (κ3) is 5.54. The average Bonchev–Trinajstić information content (AvgIpc) is 2.44. The molecule has 2 N–H and O–H groups in total. The Balaban J connectivity index is 0.00000220. The van der Waals surface area contributed by atoms with Crippen LogP contribution in [0.15, 0.2) is 42.5 Å². The van der Waals surface area contributed by atoms with Crippen LogP contribution in [-0.4, -0.2) is 30.4 Å². The topological polar surface area (TPSA) is 41.5 Å². The summed E-state index contributed by atoms with van der Waals surface area (Å²) in [6.45, 7) is 5.32. The molecule has 0 radical (unpaired) electrons. The Bertz CT molecular complexity index is 540. The van der Waals surface area contributed by atoms with Crippen LogP contribution in [0.2, 0.25) is 0 Å².